The van der Waals surface area contributed by atoms with Crippen molar-refractivity contribution >= 4 is 27.5 Å². The summed E-state index contributed by atoms with van der Waals surface area (Å²) in [5.74, 6) is -0.994. The molecule has 2 aromatic rings. The number of anilines is 1. The molecule has 2 rings (SSSR count). The third-order valence-corrected chi connectivity index (χ3v) is 3.50. The number of benzene rings is 2. The molecule has 1 amide bonds. The fourth-order valence-electron chi connectivity index (χ4n) is 1.85. The zero-order valence-corrected chi connectivity index (χ0v) is 12.0. The van der Waals surface area contributed by atoms with Crippen molar-refractivity contribution in [1.29, 1.82) is 0 Å². The van der Waals surface area contributed by atoms with Gasteiger partial charge in [0.25, 0.3) is 5.91 Å². The normalized spacial score (nSPS) is 10.3. The number of hydrogen-bond donors (Lipinski definition) is 1. The van der Waals surface area contributed by atoms with E-state index in [0.717, 1.165) is 12.0 Å². The van der Waals surface area contributed by atoms with Gasteiger partial charge in [0, 0.05) is 10.2 Å². The van der Waals surface area contributed by atoms with Crippen molar-refractivity contribution < 1.29 is 9.18 Å². The highest BCUT2D eigenvalue weighted by Crippen LogP contribution is 2.22. The highest BCUT2D eigenvalue weighted by Gasteiger charge is 2.16. The van der Waals surface area contributed by atoms with Crippen LogP contribution in [0, 0.1) is 5.82 Å². The zero-order valence-electron chi connectivity index (χ0n) is 10.4. The Hall–Kier alpha value is -1.68. The molecule has 0 aliphatic rings. The Morgan fingerprint density at radius 2 is 1.95 bits per heavy atom. The molecular formula is C15H13BrFNO. The molecule has 0 saturated carbocycles. The number of carbonyl (C=O) groups is 1. The van der Waals surface area contributed by atoms with Gasteiger partial charge in [-0.05, 0) is 46.1 Å². The number of halogens is 2. The van der Waals surface area contributed by atoms with Gasteiger partial charge in [0.1, 0.15) is 5.82 Å². The number of nitrogens with one attached hydrogen (secondary N) is 1. The molecule has 0 aliphatic carbocycles. The van der Waals surface area contributed by atoms with Crippen molar-refractivity contribution in [3.63, 3.8) is 0 Å². The van der Waals surface area contributed by atoms with E-state index in [1.54, 1.807) is 12.1 Å². The lowest BCUT2D eigenvalue weighted by atomic mass is 10.1. The van der Waals surface area contributed by atoms with Gasteiger partial charge < -0.3 is 5.32 Å². The van der Waals surface area contributed by atoms with Crippen LogP contribution in [0.4, 0.5) is 10.1 Å². The van der Waals surface area contributed by atoms with Gasteiger partial charge >= 0.3 is 0 Å². The fraction of sp³-hybridized carbons (Fsp3) is 0.133. The van der Waals surface area contributed by atoms with E-state index in [1.807, 2.05) is 31.2 Å². The molecule has 0 unspecified atom stereocenters. The first-order valence-electron chi connectivity index (χ1n) is 5.96. The average Bonchev–Trinajstić information content (AvgIpc) is 2.39. The lowest BCUT2D eigenvalue weighted by molar-refractivity contribution is 0.102. The topological polar surface area (TPSA) is 29.1 Å². The van der Waals surface area contributed by atoms with Crippen LogP contribution < -0.4 is 5.32 Å². The van der Waals surface area contributed by atoms with Gasteiger partial charge in [-0.1, -0.05) is 31.2 Å². The molecule has 0 aliphatic heterocycles. The Morgan fingerprint density at radius 3 is 2.63 bits per heavy atom. The van der Waals surface area contributed by atoms with Crippen molar-refractivity contribution in [3.05, 3.63) is 63.9 Å². The Labute approximate surface area is 119 Å². The Bertz CT molecular complexity index is 593. The van der Waals surface area contributed by atoms with E-state index < -0.39 is 11.7 Å². The zero-order chi connectivity index (χ0) is 13.8. The SMILES string of the molecule is CCc1ccccc1NC(=O)c1c(F)cccc1Br. The smallest absolute Gasteiger partial charge is 0.259 e. The number of hydrogen-bond acceptors (Lipinski definition) is 1. The van der Waals surface area contributed by atoms with Crippen LogP contribution in [0.25, 0.3) is 0 Å². The van der Waals surface area contributed by atoms with Crippen LogP contribution >= 0.6 is 15.9 Å². The molecule has 1 N–H and O–H groups in total. The van der Waals surface area contributed by atoms with E-state index in [9.17, 15) is 9.18 Å². The largest absolute Gasteiger partial charge is 0.322 e. The summed E-state index contributed by atoms with van der Waals surface area (Å²) in [6.45, 7) is 2.00. The minimum Gasteiger partial charge on any atom is -0.322 e. The third-order valence-electron chi connectivity index (χ3n) is 2.84. The van der Waals surface area contributed by atoms with E-state index in [-0.39, 0.29) is 5.56 Å². The molecule has 2 aromatic carbocycles. The second-order valence-electron chi connectivity index (χ2n) is 4.06. The van der Waals surface area contributed by atoms with Gasteiger partial charge in [0.15, 0.2) is 0 Å². The van der Waals surface area contributed by atoms with Gasteiger partial charge in [-0.2, -0.15) is 0 Å². The van der Waals surface area contributed by atoms with Crippen LogP contribution in [0.1, 0.15) is 22.8 Å². The molecule has 4 heteroatoms. The lowest BCUT2D eigenvalue weighted by Crippen LogP contribution is -2.15. The van der Waals surface area contributed by atoms with E-state index in [4.69, 9.17) is 0 Å². The number of para-hydroxylation sites is 1. The van der Waals surface area contributed by atoms with Gasteiger partial charge in [0.05, 0.1) is 5.56 Å². The lowest BCUT2D eigenvalue weighted by Gasteiger charge is -2.11. The van der Waals surface area contributed by atoms with Gasteiger partial charge in [-0.25, -0.2) is 4.39 Å². The molecule has 0 aromatic heterocycles. The number of aryl methyl sites for hydroxylation is 1. The van der Waals surface area contributed by atoms with E-state index >= 15 is 0 Å². The van der Waals surface area contributed by atoms with Gasteiger partial charge in [-0.3, -0.25) is 4.79 Å². The van der Waals surface area contributed by atoms with Gasteiger partial charge in [0.2, 0.25) is 0 Å². The molecule has 98 valence electrons. The maximum Gasteiger partial charge on any atom is 0.259 e. The summed E-state index contributed by atoms with van der Waals surface area (Å²) in [7, 11) is 0. The number of carbonyl (C=O) groups excluding carboxylic acids is 1. The molecule has 0 radical (unpaired) electrons. The summed E-state index contributed by atoms with van der Waals surface area (Å²) in [4.78, 5) is 12.1. The van der Waals surface area contributed by atoms with Crippen LogP contribution in [0.2, 0.25) is 0 Å². The number of amides is 1. The molecule has 19 heavy (non-hydrogen) atoms. The van der Waals surface area contributed by atoms with Crippen LogP contribution in [-0.4, -0.2) is 5.91 Å². The maximum atomic E-state index is 13.7. The summed E-state index contributed by atoms with van der Waals surface area (Å²) in [5.41, 5.74) is 1.75. The second-order valence-corrected chi connectivity index (χ2v) is 4.92. The van der Waals surface area contributed by atoms with Crippen molar-refractivity contribution in [2.75, 3.05) is 5.32 Å². The van der Waals surface area contributed by atoms with E-state index in [1.165, 1.54) is 6.07 Å². The van der Waals surface area contributed by atoms with Crippen LogP contribution in [-0.2, 0) is 6.42 Å². The van der Waals surface area contributed by atoms with Crippen molar-refractivity contribution in [2.45, 2.75) is 13.3 Å². The quantitative estimate of drug-likeness (QED) is 0.891. The van der Waals surface area contributed by atoms with Crippen LogP contribution in [0.5, 0.6) is 0 Å². The minimum atomic E-state index is -0.541. The highest BCUT2D eigenvalue weighted by molar-refractivity contribution is 9.10. The maximum absolute atomic E-state index is 13.7. The first-order chi connectivity index (χ1) is 9.13. The number of rotatable bonds is 3. The summed E-state index contributed by atoms with van der Waals surface area (Å²) in [6, 6.07) is 12.0. The molecule has 0 bridgehead atoms. The third kappa shape index (κ3) is 3.01. The second kappa shape index (κ2) is 5.97. The first kappa shape index (κ1) is 13.7. The molecule has 0 spiro atoms. The predicted molar refractivity (Wildman–Crippen MR) is 77.9 cm³/mol. The monoisotopic (exact) mass is 321 g/mol. The van der Waals surface area contributed by atoms with Crippen LogP contribution in [0.3, 0.4) is 0 Å². The molecule has 2 nitrogen and oxygen atoms in total. The Kier molecular flexibility index (Phi) is 4.32. The average molecular weight is 322 g/mol. The molecule has 0 atom stereocenters. The minimum absolute atomic E-state index is 0.0217. The van der Waals surface area contributed by atoms with Crippen molar-refractivity contribution in [1.82, 2.24) is 0 Å². The fourth-order valence-corrected chi connectivity index (χ4v) is 2.37. The summed E-state index contributed by atoms with van der Waals surface area (Å²) in [6.07, 6.45) is 0.800. The summed E-state index contributed by atoms with van der Waals surface area (Å²) < 4.78 is 14.1. The van der Waals surface area contributed by atoms with Crippen molar-refractivity contribution in [2.24, 2.45) is 0 Å². The van der Waals surface area contributed by atoms with Crippen LogP contribution in [0.15, 0.2) is 46.9 Å². The van der Waals surface area contributed by atoms with E-state index in [2.05, 4.69) is 21.2 Å². The van der Waals surface area contributed by atoms with Crippen molar-refractivity contribution in [3.8, 4) is 0 Å². The molecule has 0 saturated heterocycles. The molecular weight excluding hydrogens is 309 g/mol. The molecule has 0 fully saturated rings. The highest BCUT2D eigenvalue weighted by atomic mass is 79.9. The first-order valence-corrected chi connectivity index (χ1v) is 6.76. The standard InChI is InChI=1S/C15H13BrFNO/c1-2-10-6-3-4-9-13(10)18-15(19)14-11(16)7-5-8-12(14)17/h3-9H,2H2,1H3,(H,18,19). The Morgan fingerprint density at radius 1 is 1.21 bits per heavy atom. The Balaban J connectivity index is 2.31. The summed E-state index contributed by atoms with van der Waals surface area (Å²) in [5, 5.41) is 2.75. The van der Waals surface area contributed by atoms with E-state index in [0.29, 0.717) is 10.2 Å². The predicted octanol–water partition coefficient (Wildman–Crippen LogP) is 4.40. The molecule has 0 heterocycles. The van der Waals surface area contributed by atoms with Gasteiger partial charge in [-0.15, -0.1) is 0 Å². The summed E-state index contributed by atoms with van der Waals surface area (Å²) >= 11 is 3.20.